The lowest BCUT2D eigenvalue weighted by Gasteiger charge is -2.37. The molecule has 5 fully saturated rings. The number of benzene rings is 6. The van der Waals surface area contributed by atoms with Gasteiger partial charge in [-0.3, -0.25) is 0 Å². The Morgan fingerprint density at radius 1 is 0.322 bits per heavy atom. The van der Waals surface area contributed by atoms with Gasteiger partial charge in [0.2, 0.25) is 0 Å². The Morgan fingerprint density at radius 3 is 0.907 bits per heavy atom. The van der Waals surface area contributed by atoms with Crippen LogP contribution in [-0.2, 0) is 47.7 Å². The molecule has 0 aromatic heterocycles. The van der Waals surface area contributed by atoms with E-state index in [2.05, 4.69) is 50.6 Å². The maximum atomic E-state index is 11.8. The quantitative estimate of drug-likeness (QED) is 0.00665. The molecule has 11 rings (SSSR count). The van der Waals surface area contributed by atoms with Crippen molar-refractivity contribution in [2.24, 2.45) is 29.1 Å². The molecule has 0 radical (unpaired) electrons. The highest BCUT2D eigenvalue weighted by Crippen LogP contribution is 2.42. The molecule has 0 atom stereocenters. The Labute approximate surface area is 705 Å². The standard InChI is InChI=1S/C20H31NO2.C18H29NO2.C17H25NO2.C16H24N2O2.C14H20N2O2.C12H16N2O2/c1-5-23-19(22)16-9-8-15(18(21)13-16)12-14-6-10-17(11-7-14)20(2,3)4;1-3-5-6-7-8-9-10-11-15-12-13-16(14-17(15)19)18(20)21-4-2;1-2-20-17(19)15-10-9-14(16(18)12-15)11-13-7-5-3-4-6-8-13;1-3-20-16(19)12-6-9-15(14(17)10-12)18-13-7-4-11(2)5-8-13;1-2-18-14(17)10-7-8-13(12(15)9-10)16-11-5-3-4-6-11;1-2-16-12(15)8-3-6-11(10(13)7-8)14-9-4-5-9/h8-9,13-14,17H,5-7,10-12,21H2,1-4H3;12-14H,3-11,19H2,1-2H3;9-10,12-13H,2-8,11,18H2,1H3;6,9-11,13,18H,3-5,7-8,17H2,1-2H3;7-9,11,16H,2-6,15H2,1H3;3,6-7,9,14H,2,4-5,13H2,1H3. The minimum Gasteiger partial charge on any atom is -0.462 e. The van der Waals surface area contributed by atoms with Gasteiger partial charge in [-0.05, 0) is 281 Å². The number of rotatable bonds is 30. The van der Waals surface area contributed by atoms with Crippen LogP contribution in [0.25, 0.3) is 0 Å². The predicted molar refractivity (Wildman–Crippen MR) is 484 cm³/mol. The number of aryl methyl sites for hydroxylation is 1. The highest BCUT2D eigenvalue weighted by atomic mass is 16.5. The van der Waals surface area contributed by atoms with Gasteiger partial charge in [-0.25, -0.2) is 28.8 Å². The van der Waals surface area contributed by atoms with E-state index in [1.165, 1.54) is 173 Å². The molecule has 5 saturated carbocycles. The van der Waals surface area contributed by atoms with Crippen LogP contribution in [0.1, 0.15) is 328 Å². The smallest absolute Gasteiger partial charge is 0.338 e. The summed E-state index contributed by atoms with van der Waals surface area (Å²) in [4.78, 5) is 69.7. The third-order valence-corrected chi connectivity index (χ3v) is 22.8. The lowest BCUT2D eigenvalue weighted by atomic mass is 9.69. The lowest BCUT2D eigenvalue weighted by molar-refractivity contribution is 0.0517. The second-order valence-electron chi connectivity index (χ2n) is 33.3. The van der Waals surface area contributed by atoms with Gasteiger partial charge in [-0.15, -0.1) is 0 Å². The molecule has 0 heterocycles. The first-order chi connectivity index (χ1) is 56.7. The van der Waals surface area contributed by atoms with Crippen LogP contribution in [0.15, 0.2) is 109 Å². The molecule has 0 saturated heterocycles. The number of hydrogen-bond acceptors (Lipinski definition) is 21. The molecule has 15 N–H and O–H groups in total. The van der Waals surface area contributed by atoms with Gasteiger partial charge in [0, 0.05) is 35.2 Å². The zero-order valence-corrected chi connectivity index (χ0v) is 73.3. The molecule has 21 heteroatoms. The van der Waals surface area contributed by atoms with Crippen molar-refractivity contribution in [1.29, 1.82) is 0 Å². The molecular weight excluding hydrogens is 1480 g/mol. The van der Waals surface area contributed by atoms with Gasteiger partial charge in [-0.2, -0.15) is 0 Å². The Balaban J connectivity index is 0.000000220. The van der Waals surface area contributed by atoms with Gasteiger partial charge in [0.05, 0.1) is 107 Å². The van der Waals surface area contributed by atoms with Crippen LogP contribution in [0.2, 0.25) is 0 Å². The van der Waals surface area contributed by atoms with Crippen molar-refractivity contribution < 1.29 is 57.2 Å². The summed E-state index contributed by atoms with van der Waals surface area (Å²) in [6, 6.07) is 34.1. The molecule has 0 aliphatic heterocycles. The number of nitrogen functional groups attached to an aromatic ring is 6. The number of nitrogens with two attached hydrogens (primary N) is 6. The second-order valence-corrected chi connectivity index (χ2v) is 33.3. The first kappa shape index (κ1) is 97.2. The predicted octanol–water partition coefficient (Wildman–Crippen LogP) is 21.8. The summed E-state index contributed by atoms with van der Waals surface area (Å²) in [5.74, 6) is 1.26. The zero-order valence-electron chi connectivity index (χ0n) is 73.3. The average molecular weight is 1630 g/mol. The summed E-state index contributed by atoms with van der Waals surface area (Å²) in [5, 5.41) is 10.2. The molecule has 6 aromatic carbocycles. The number of hydrogen-bond donors (Lipinski definition) is 9. The fourth-order valence-corrected chi connectivity index (χ4v) is 15.6. The van der Waals surface area contributed by atoms with Crippen molar-refractivity contribution in [3.63, 3.8) is 0 Å². The molecule has 650 valence electrons. The minimum atomic E-state index is -0.327. The zero-order chi connectivity index (χ0) is 85.9. The molecule has 0 amide bonds. The van der Waals surface area contributed by atoms with Crippen LogP contribution >= 0.6 is 0 Å². The number of carbonyl (C=O) groups excluding carboxylic acids is 6. The molecule has 5 aliphatic rings. The van der Waals surface area contributed by atoms with E-state index in [9.17, 15) is 28.8 Å². The Bertz CT molecular complexity index is 4030. The Morgan fingerprint density at radius 2 is 0.602 bits per heavy atom. The van der Waals surface area contributed by atoms with Crippen LogP contribution in [0.4, 0.5) is 51.2 Å². The Kier molecular flexibility index (Phi) is 43.1. The Hall–Kier alpha value is -9.66. The third-order valence-electron chi connectivity index (χ3n) is 22.8. The van der Waals surface area contributed by atoms with Crippen molar-refractivity contribution >= 4 is 87.0 Å². The van der Waals surface area contributed by atoms with Crippen LogP contribution in [-0.4, -0.2) is 93.6 Å². The van der Waals surface area contributed by atoms with Crippen molar-refractivity contribution in [3.05, 3.63) is 159 Å². The van der Waals surface area contributed by atoms with E-state index in [1.807, 2.05) is 68.4 Å². The fourth-order valence-electron chi connectivity index (χ4n) is 15.6. The summed E-state index contributed by atoms with van der Waals surface area (Å²) >= 11 is 0. The van der Waals surface area contributed by atoms with E-state index in [0.29, 0.717) is 131 Å². The van der Waals surface area contributed by atoms with E-state index in [1.54, 1.807) is 82.3 Å². The fraction of sp³-hybridized carbons (Fsp3) is 0.567. The van der Waals surface area contributed by atoms with Crippen LogP contribution in [0.5, 0.6) is 0 Å². The van der Waals surface area contributed by atoms with Gasteiger partial charge in [-0.1, -0.05) is 143 Å². The molecule has 5 aliphatic carbocycles. The number of esters is 6. The summed E-state index contributed by atoms with van der Waals surface area (Å²) in [5.41, 5.74) is 49.9. The number of nitrogens with one attached hydrogen (secondary N) is 3. The summed E-state index contributed by atoms with van der Waals surface area (Å²) in [7, 11) is 0. The highest BCUT2D eigenvalue weighted by Gasteiger charge is 2.31. The van der Waals surface area contributed by atoms with E-state index >= 15 is 0 Å². The van der Waals surface area contributed by atoms with Crippen molar-refractivity contribution in [1.82, 2.24) is 0 Å². The van der Waals surface area contributed by atoms with Crippen LogP contribution in [0.3, 0.4) is 0 Å². The van der Waals surface area contributed by atoms with Crippen LogP contribution in [0, 0.1) is 29.1 Å². The van der Waals surface area contributed by atoms with Gasteiger partial charge < -0.3 is 78.8 Å². The number of unbranched alkanes of at least 4 members (excludes halogenated alkanes) is 6. The molecule has 118 heavy (non-hydrogen) atoms. The molecule has 0 bridgehead atoms. The van der Waals surface area contributed by atoms with Gasteiger partial charge in [0.1, 0.15) is 0 Å². The van der Waals surface area contributed by atoms with E-state index < -0.39 is 0 Å². The molecule has 21 nitrogen and oxygen atoms in total. The highest BCUT2D eigenvalue weighted by molar-refractivity contribution is 5.95. The molecule has 6 aromatic rings. The van der Waals surface area contributed by atoms with E-state index in [0.717, 1.165) is 77.3 Å². The average Bonchev–Trinajstić information content (AvgIpc) is 1.57. The van der Waals surface area contributed by atoms with Crippen molar-refractivity contribution in [2.45, 2.75) is 287 Å². The van der Waals surface area contributed by atoms with Gasteiger partial charge >= 0.3 is 35.8 Å². The second kappa shape index (κ2) is 52.3. The van der Waals surface area contributed by atoms with E-state index in [4.69, 9.17) is 62.8 Å². The number of anilines is 9. The van der Waals surface area contributed by atoms with Gasteiger partial charge in [0.15, 0.2) is 0 Å². The molecule has 0 spiro atoms. The number of ether oxygens (including phenoxy) is 6. The largest absolute Gasteiger partial charge is 0.462 e. The minimum absolute atomic E-state index is 0.291. The maximum Gasteiger partial charge on any atom is 0.338 e. The molecular formula is C97H145N9O12. The van der Waals surface area contributed by atoms with Crippen molar-refractivity contribution in [2.75, 3.05) is 90.0 Å². The first-order valence-electron chi connectivity index (χ1n) is 44.4. The summed E-state index contributed by atoms with van der Waals surface area (Å²) in [6.07, 6.45) is 37.5. The summed E-state index contributed by atoms with van der Waals surface area (Å²) in [6.45, 7) is 24.7. The van der Waals surface area contributed by atoms with Gasteiger partial charge in [0.25, 0.3) is 0 Å². The normalized spacial score (nSPS) is 17.1. The third kappa shape index (κ3) is 34.7. The first-order valence-corrected chi connectivity index (χ1v) is 44.4. The SMILES string of the molecule is CCCCCCCCCc1ccc(C(=O)OCC)cc1N.CCOC(=O)c1ccc(CC2CCC(C(C)(C)C)CC2)c(N)c1.CCOC(=O)c1ccc(CC2CCCCCC2)c(N)c1.CCOC(=O)c1ccc(NC2CC2)c(N)c1.CCOC(=O)c1ccc(NC2CCC(C)CC2)c(N)c1.CCOC(=O)c1ccc(NC2CCCC2)c(N)c1. The number of carbonyl (C=O) groups is 6. The molecule has 0 unspecified atom stereocenters. The topological polar surface area (TPSA) is 350 Å². The lowest BCUT2D eigenvalue weighted by Crippen LogP contribution is -2.26. The maximum absolute atomic E-state index is 11.8. The van der Waals surface area contributed by atoms with E-state index in [-0.39, 0.29) is 35.8 Å². The van der Waals surface area contributed by atoms with Crippen molar-refractivity contribution in [3.8, 4) is 0 Å². The monoisotopic (exact) mass is 1630 g/mol. The van der Waals surface area contributed by atoms with Crippen LogP contribution < -0.4 is 50.4 Å². The summed E-state index contributed by atoms with van der Waals surface area (Å²) < 4.78 is 29.8.